The van der Waals surface area contributed by atoms with Crippen molar-refractivity contribution in [1.82, 2.24) is 5.32 Å². The molecule has 0 saturated heterocycles. The van der Waals surface area contributed by atoms with Crippen LogP contribution in [0.3, 0.4) is 0 Å². The molecule has 2 rings (SSSR count). The van der Waals surface area contributed by atoms with Crippen LogP contribution >= 0.6 is 24.0 Å². The normalized spacial score (nSPS) is 10.9. The number of primary sulfonamides is 1. The van der Waals surface area contributed by atoms with Gasteiger partial charge in [0, 0.05) is 6.54 Å². The van der Waals surface area contributed by atoms with Crippen LogP contribution in [-0.4, -0.2) is 29.2 Å². The molecule has 0 aliphatic carbocycles. The van der Waals surface area contributed by atoms with Crippen molar-refractivity contribution in [3.63, 3.8) is 0 Å². The molecule has 0 unspecified atom stereocenters. The van der Waals surface area contributed by atoms with Crippen LogP contribution in [0, 0.1) is 0 Å². The van der Waals surface area contributed by atoms with Gasteiger partial charge in [-0.15, -0.1) is 12.4 Å². The van der Waals surface area contributed by atoms with E-state index in [0.717, 1.165) is 24.1 Å². The van der Waals surface area contributed by atoms with E-state index in [2.05, 4.69) is 5.32 Å². The highest BCUT2D eigenvalue weighted by Crippen LogP contribution is 2.35. The van der Waals surface area contributed by atoms with Gasteiger partial charge < -0.3 is 14.8 Å². The average molecular weight is 421 g/mol. The Balaban J connectivity index is 0.00000338. The lowest BCUT2D eigenvalue weighted by Gasteiger charge is -2.12. The fourth-order valence-electron chi connectivity index (χ4n) is 2.38. The zero-order valence-corrected chi connectivity index (χ0v) is 16.9. The first-order valence-corrected chi connectivity index (χ1v) is 9.50. The van der Waals surface area contributed by atoms with E-state index in [4.69, 9.17) is 26.2 Å². The van der Waals surface area contributed by atoms with Crippen molar-refractivity contribution in [3.05, 3.63) is 52.5 Å². The van der Waals surface area contributed by atoms with E-state index in [-0.39, 0.29) is 17.3 Å². The second-order valence-electron chi connectivity index (χ2n) is 5.43. The van der Waals surface area contributed by atoms with Gasteiger partial charge in [0.05, 0.1) is 24.1 Å². The molecule has 0 fully saturated rings. The molecule has 0 atom stereocenters. The third kappa shape index (κ3) is 6.03. The summed E-state index contributed by atoms with van der Waals surface area (Å²) in [6.45, 7) is 1.34. The maximum absolute atomic E-state index is 11.2. The van der Waals surface area contributed by atoms with Crippen LogP contribution in [0.5, 0.6) is 11.5 Å². The van der Waals surface area contributed by atoms with Gasteiger partial charge in [-0.2, -0.15) is 0 Å². The first kappa shape index (κ1) is 22.5. The average Bonchev–Trinajstić information content (AvgIpc) is 2.57. The number of ether oxygens (including phenoxy) is 2. The molecular formula is C17H22Cl2N2O4S. The summed E-state index contributed by atoms with van der Waals surface area (Å²) >= 11 is 6.18. The summed E-state index contributed by atoms with van der Waals surface area (Å²) in [6, 6.07) is 10.2. The molecule has 0 aromatic heterocycles. The van der Waals surface area contributed by atoms with Crippen molar-refractivity contribution >= 4 is 34.0 Å². The first-order chi connectivity index (χ1) is 11.8. The Labute approximate surface area is 165 Å². The predicted molar refractivity (Wildman–Crippen MR) is 105 cm³/mol. The molecule has 2 aromatic carbocycles. The zero-order chi connectivity index (χ0) is 18.4. The molecular weight excluding hydrogens is 399 g/mol. The van der Waals surface area contributed by atoms with Gasteiger partial charge in [0.25, 0.3) is 0 Å². The fraction of sp³-hybridized carbons (Fsp3) is 0.294. The third-order valence-corrected chi connectivity index (χ3v) is 4.87. The minimum absolute atomic E-state index is 0. The van der Waals surface area contributed by atoms with Gasteiger partial charge in [0.1, 0.15) is 0 Å². The molecule has 9 heteroatoms. The quantitative estimate of drug-likeness (QED) is 0.640. The minimum Gasteiger partial charge on any atom is -0.493 e. The van der Waals surface area contributed by atoms with Crippen LogP contribution in [-0.2, 0) is 23.0 Å². The molecule has 2 aromatic rings. The Bertz CT molecular complexity index is 827. The predicted octanol–water partition coefficient (Wildman–Crippen LogP) is 2.76. The molecule has 26 heavy (non-hydrogen) atoms. The van der Waals surface area contributed by atoms with Gasteiger partial charge in [-0.05, 0) is 48.4 Å². The van der Waals surface area contributed by atoms with E-state index in [0.29, 0.717) is 23.1 Å². The first-order valence-electron chi connectivity index (χ1n) is 7.58. The number of methoxy groups -OCH3 is 2. The summed E-state index contributed by atoms with van der Waals surface area (Å²) in [4.78, 5) is 0.115. The van der Waals surface area contributed by atoms with Crippen molar-refractivity contribution in [2.45, 2.75) is 17.9 Å². The summed E-state index contributed by atoms with van der Waals surface area (Å²) in [5, 5.41) is 8.89. The van der Waals surface area contributed by atoms with E-state index in [1.54, 1.807) is 26.4 Å². The van der Waals surface area contributed by atoms with Gasteiger partial charge in [-0.1, -0.05) is 23.7 Å². The summed E-state index contributed by atoms with van der Waals surface area (Å²) < 4.78 is 32.9. The van der Waals surface area contributed by atoms with Crippen molar-refractivity contribution in [2.75, 3.05) is 20.8 Å². The molecule has 0 aliphatic rings. The summed E-state index contributed by atoms with van der Waals surface area (Å²) in [5.41, 5.74) is 2.00. The van der Waals surface area contributed by atoms with Gasteiger partial charge >= 0.3 is 0 Å². The van der Waals surface area contributed by atoms with Crippen LogP contribution in [0.1, 0.15) is 11.1 Å². The molecule has 0 aliphatic heterocycles. The largest absolute Gasteiger partial charge is 0.493 e. The molecule has 6 nitrogen and oxygen atoms in total. The number of hydrogen-bond donors (Lipinski definition) is 2. The van der Waals surface area contributed by atoms with E-state index in [1.807, 2.05) is 12.1 Å². The fourth-order valence-corrected chi connectivity index (χ4v) is 3.21. The maximum Gasteiger partial charge on any atom is 0.238 e. The van der Waals surface area contributed by atoms with Crippen molar-refractivity contribution in [1.29, 1.82) is 0 Å². The number of rotatable bonds is 8. The molecule has 0 saturated carbocycles. The lowest BCUT2D eigenvalue weighted by molar-refractivity contribution is 0.354. The lowest BCUT2D eigenvalue weighted by atomic mass is 10.1. The number of sulfonamides is 1. The Morgan fingerprint density at radius 1 is 1.08 bits per heavy atom. The van der Waals surface area contributed by atoms with Crippen molar-refractivity contribution in [3.8, 4) is 11.5 Å². The monoisotopic (exact) mass is 420 g/mol. The second kappa shape index (κ2) is 9.99. The van der Waals surface area contributed by atoms with Crippen LogP contribution in [0.2, 0.25) is 5.02 Å². The van der Waals surface area contributed by atoms with E-state index >= 15 is 0 Å². The Hall–Kier alpha value is -1.51. The Kier molecular flexibility index (Phi) is 8.66. The molecule has 0 radical (unpaired) electrons. The topological polar surface area (TPSA) is 90.6 Å². The third-order valence-electron chi connectivity index (χ3n) is 3.66. The molecule has 0 amide bonds. The highest BCUT2D eigenvalue weighted by atomic mass is 35.5. The molecule has 0 bridgehead atoms. The van der Waals surface area contributed by atoms with Gasteiger partial charge in [-0.3, -0.25) is 0 Å². The minimum atomic E-state index is -3.65. The van der Waals surface area contributed by atoms with Crippen molar-refractivity contribution in [2.24, 2.45) is 5.14 Å². The van der Waals surface area contributed by atoms with Crippen LogP contribution in [0.25, 0.3) is 0 Å². The Morgan fingerprint density at radius 2 is 1.73 bits per heavy atom. The highest BCUT2D eigenvalue weighted by Gasteiger charge is 2.10. The molecule has 144 valence electrons. The molecule has 0 spiro atoms. The van der Waals surface area contributed by atoms with Crippen LogP contribution in [0.4, 0.5) is 0 Å². The summed E-state index contributed by atoms with van der Waals surface area (Å²) in [7, 11) is -0.537. The van der Waals surface area contributed by atoms with E-state index in [9.17, 15) is 8.42 Å². The number of halogens is 2. The number of benzene rings is 2. The van der Waals surface area contributed by atoms with E-state index in [1.165, 1.54) is 12.1 Å². The maximum atomic E-state index is 11.2. The zero-order valence-electron chi connectivity index (χ0n) is 14.5. The lowest BCUT2D eigenvalue weighted by Crippen LogP contribution is -2.17. The standard InChI is InChI=1S/C17H21ClN2O4S.ClH/c1-23-16-10-13(9-15(18)17(16)24-2)11-20-8-7-12-3-5-14(6-4-12)25(19,21)22;/h3-6,9-10,20H,7-8,11H2,1-2H3,(H2,19,21,22);1H. The number of nitrogens with two attached hydrogens (primary N) is 1. The second-order valence-corrected chi connectivity index (χ2v) is 7.40. The number of hydrogen-bond acceptors (Lipinski definition) is 5. The smallest absolute Gasteiger partial charge is 0.238 e. The van der Waals surface area contributed by atoms with Crippen LogP contribution in [0.15, 0.2) is 41.3 Å². The van der Waals surface area contributed by atoms with Crippen LogP contribution < -0.4 is 19.9 Å². The SMILES string of the molecule is COc1cc(CNCCc2ccc(S(N)(=O)=O)cc2)cc(Cl)c1OC.Cl. The molecule has 3 N–H and O–H groups in total. The molecule has 0 heterocycles. The summed E-state index contributed by atoms with van der Waals surface area (Å²) in [6.07, 6.45) is 0.756. The van der Waals surface area contributed by atoms with Crippen molar-refractivity contribution < 1.29 is 17.9 Å². The van der Waals surface area contributed by atoms with Gasteiger partial charge in [0.2, 0.25) is 10.0 Å². The van der Waals surface area contributed by atoms with Gasteiger partial charge in [0.15, 0.2) is 11.5 Å². The summed E-state index contributed by atoms with van der Waals surface area (Å²) in [5.74, 6) is 1.10. The number of nitrogens with one attached hydrogen (secondary N) is 1. The Morgan fingerprint density at radius 3 is 2.27 bits per heavy atom. The van der Waals surface area contributed by atoms with Gasteiger partial charge in [-0.25, -0.2) is 13.6 Å². The highest BCUT2D eigenvalue weighted by molar-refractivity contribution is 7.89. The van der Waals surface area contributed by atoms with E-state index < -0.39 is 10.0 Å².